The number of aryl methyl sites for hydroxylation is 1. The Bertz CT molecular complexity index is 633. The van der Waals surface area contributed by atoms with E-state index < -0.39 is 16.2 Å². The molecule has 174 valence electrons. The smallest absolute Gasteiger partial charge is 0.297 e. The quantitative estimate of drug-likeness (QED) is 0.229. The summed E-state index contributed by atoms with van der Waals surface area (Å²) < 4.78 is 62.2. The van der Waals surface area contributed by atoms with Gasteiger partial charge in [0.2, 0.25) is 0 Å². The van der Waals surface area contributed by atoms with Crippen LogP contribution in [-0.2, 0) is 42.7 Å². The van der Waals surface area contributed by atoms with E-state index in [0.29, 0.717) is 58.4 Å². The molecule has 0 unspecified atom stereocenters. The molecule has 0 saturated heterocycles. The van der Waals surface area contributed by atoms with Gasteiger partial charge in [-0.15, -0.1) is 0 Å². The Morgan fingerprint density at radius 3 is 1.70 bits per heavy atom. The first-order chi connectivity index (χ1) is 14.5. The van der Waals surface area contributed by atoms with Gasteiger partial charge in [0, 0.05) is 14.2 Å². The molecule has 0 heterocycles. The van der Waals surface area contributed by atoms with Crippen molar-refractivity contribution in [2.24, 2.45) is 0 Å². The molecule has 0 N–H and O–H groups in total. The van der Waals surface area contributed by atoms with Crippen molar-refractivity contribution in [3.05, 3.63) is 29.8 Å². The van der Waals surface area contributed by atoms with E-state index >= 15 is 0 Å². The molecule has 0 atom stereocenters. The molecule has 0 fully saturated rings. The minimum Gasteiger partial charge on any atom is -0.382 e. The molecule has 0 spiro atoms. The van der Waals surface area contributed by atoms with Crippen molar-refractivity contribution in [2.45, 2.75) is 17.9 Å². The molecule has 0 aliphatic rings. The second-order valence-corrected chi connectivity index (χ2v) is 7.84. The summed E-state index contributed by atoms with van der Waals surface area (Å²) in [5.41, 5.74) is 0.608. The SMILES string of the molecule is COCCOCCOCC(COCCOCCOC)OS(=O)(=O)c1ccccc1C. The van der Waals surface area contributed by atoms with Crippen LogP contribution in [0, 0.1) is 6.92 Å². The van der Waals surface area contributed by atoms with E-state index in [1.807, 2.05) is 0 Å². The maximum Gasteiger partial charge on any atom is 0.297 e. The van der Waals surface area contributed by atoms with Crippen LogP contribution in [-0.4, -0.2) is 94.8 Å². The topological polar surface area (TPSA) is 98.8 Å². The van der Waals surface area contributed by atoms with Crippen LogP contribution < -0.4 is 0 Å². The van der Waals surface area contributed by atoms with Crippen molar-refractivity contribution in [1.82, 2.24) is 0 Å². The molecule has 9 nitrogen and oxygen atoms in total. The second kappa shape index (κ2) is 16.6. The minimum absolute atomic E-state index is 0.0449. The van der Waals surface area contributed by atoms with Crippen molar-refractivity contribution in [3.8, 4) is 0 Å². The molecule has 0 saturated carbocycles. The molecule has 10 heteroatoms. The molecule has 1 aromatic carbocycles. The van der Waals surface area contributed by atoms with Gasteiger partial charge in [-0.3, -0.25) is 4.18 Å². The highest BCUT2D eigenvalue weighted by atomic mass is 32.2. The lowest BCUT2D eigenvalue weighted by Crippen LogP contribution is -2.30. The summed E-state index contributed by atoms with van der Waals surface area (Å²) >= 11 is 0. The maximum absolute atomic E-state index is 12.7. The summed E-state index contributed by atoms with van der Waals surface area (Å²) in [6.45, 7) is 5.08. The highest BCUT2D eigenvalue weighted by molar-refractivity contribution is 7.86. The van der Waals surface area contributed by atoms with Crippen LogP contribution >= 0.6 is 0 Å². The fourth-order valence-corrected chi connectivity index (χ4v) is 3.61. The highest BCUT2D eigenvalue weighted by Gasteiger charge is 2.24. The molecule has 0 aromatic heterocycles. The molecule has 1 rings (SSSR count). The van der Waals surface area contributed by atoms with Gasteiger partial charge in [0.1, 0.15) is 6.10 Å². The Labute approximate surface area is 179 Å². The molecule has 0 amide bonds. The Kier molecular flexibility index (Phi) is 14.9. The Balaban J connectivity index is 2.51. The third-order valence-corrected chi connectivity index (χ3v) is 5.36. The standard InChI is InChI=1S/C20H34O9S/c1-18-6-4-5-7-20(18)30(21,22)29-19(16-27-14-12-25-10-8-23-2)17-28-15-13-26-11-9-24-3/h4-7,19H,8-17H2,1-3H3. The lowest BCUT2D eigenvalue weighted by molar-refractivity contribution is -0.0352. The summed E-state index contributed by atoms with van der Waals surface area (Å²) in [4.78, 5) is 0.126. The number of hydrogen-bond acceptors (Lipinski definition) is 9. The van der Waals surface area contributed by atoms with Crippen LogP contribution in [0.25, 0.3) is 0 Å². The summed E-state index contributed by atoms with van der Waals surface area (Å²) in [5.74, 6) is 0. The first-order valence-corrected chi connectivity index (χ1v) is 11.2. The largest absolute Gasteiger partial charge is 0.382 e. The molecule has 0 aliphatic heterocycles. The lowest BCUT2D eigenvalue weighted by atomic mass is 10.2. The van der Waals surface area contributed by atoms with E-state index in [2.05, 4.69) is 0 Å². The summed E-state index contributed by atoms with van der Waals surface area (Å²) in [7, 11) is -0.762. The van der Waals surface area contributed by atoms with Crippen LogP contribution in [0.4, 0.5) is 0 Å². The van der Waals surface area contributed by atoms with Gasteiger partial charge in [0.05, 0.1) is 71.0 Å². The summed E-state index contributed by atoms with van der Waals surface area (Å²) in [6.07, 6.45) is -0.799. The van der Waals surface area contributed by atoms with Gasteiger partial charge in [-0.1, -0.05) is 18.2 Å². The van der Waals surface area contributed by atoms with Crippen LogP contribution in [0.3, 0.4) is 0 Å². The average Bonchev–Trinajstić information content (AvgIpc) is 2.72. The fourth-order valence-electron chi connectivity index (χ4n) is 2.33. The Morgan fingerprint density at radius 1 is 0.733 bits per heavy atom. The van der Waals surface area contributed by atoms with Gasteiger partial charge in [0.25, 0.3) is 10.1 Å². The predicted molar refractivity (Wildman–Crippen MR) is 110 cm³/mol. The monoisotopic (exact) mass is 450 g/mol. The molecule has 0 aliphatic carbocycles. The van der Waals surface area contributed by atoms with E-state index in [9.17, 15) is 8.42 Å². The third kappa shape index (κ3) is 11.9. The van der Waals surface area contributed by atoms with Gasteiger partial charge < -0.3 is 28.4 Å². The van der Waals surface area contributed by atoms with Crippen LogP contribution in [0.15, 0.2) is 29.2 Å². The van der Waals surface area contributed by atoms with Gasteiger partial charge in [-0.05, 0) is 18.6 Å². The zero-order valence-electron chi connectivity index (χ0n) is 18.0. The lowest BCUT2D eigenvalue weighted by Gasteiger charge is -2.19. The first kappa shape index (κ1) is 26.9. The van der Waals surface area contributed by atoms with Crippen molar-refractivity contribution < 1.29 is 41.0 Å². The molecule has 30 heavy (non-hydrogen) atoms. The van der Waals surface area contributed by atoms with Gasteiger partial charge in [-0.2, -0.15) is 8.42 Å². The van der Waals surface area contributed by atoms with Crippen LogP contribution in [0.5, 0.6) is 0 Å². The van der Waals surface area contributed by atoms with Crippen molar-refractivity contribution in [1.29, 1.82) is 0 Å². The number of rotatable bonds is 19. The van der Waals surface area contributed by atoms with E-state index in [1.165, 1.54) is 6.07 Å². The minimum atomic E-state index is -3.96. The highest BCUT2D eigenvalue weighted by Crippen LogP contribution is 2.18. The van der Waals surface area contributed by atoms with E-state index in [1.54, 1.807) is 39.3 Å². The molecule has 0 bridgehead atoms. The zero-order valence-corrected chi connectivity index (χ0v) is 18.9. The molecule has 0 radical (unpaired) electrons. The van der Waals surface area contributed by atoms with Crippen molar-refractivity contribution >= 4 is 10.1 Å². The summed E-state index contributed by atoms with van der Waals surface area (Å²) in [6, 6.07) is 6.65. The van der Waals surface area contributed by atoms with Crippen molar-refractivity contribution in [2.75, 3.05) is 80.3 Å². The number of ether oxygens (including phenoxy) is 6. The molecular formula is C20H34O9S. The Morgan fingerprint density at radius 2 is 1.20 bits per heavy atom. The normalized spacial score (nSPS) is 12.0. The summed E-state index contributed by atoms with van der Waals surface area (Å²) in [5, 5.41) is 0. The number of hydrogen-bond donors (Lipinski definition) is 0. The maximum atomic E-state index is 12.7. The van der Waals surface area contributed by atoms with Crippen LogP contribution in [0.2, 0.25) is 0 Å². The van der Waals surface area contributed by atoms with Crippen molar-refractivity contribution in [3.63, 3.8) is 0 Å². The Hall–Kier alpha value is -1.11. The van der Waals surface area contributed by atoms with Gasteiger partial charge in [-0.25, -0.2) is 0 Å². The number of benzene rings is 1. The fraction of sp³-hybridized carbons (Fsp3) is 0.700. The zero-order chi connectivity index (χ0) is 22.1. The predicted octanol–water partition coefficient (Wildman–Crippen LogP) is 1.43. The van der Waals surface area contributed by atoms with Crippen LogP contribution in [0.1, 0.15) is 5.56 Å². The van der Waals surface area contributed by atoms with Gasteiger partial charge in [0.15, 0.2) is 0 Å². The number of methoxy groups -OCH3 is 2. The van der Waals surface area contributed by atoms with E-state index in [0.717, 1.165) is 0 Å². The third-order valence-electron chi connectivity index (χ3n) is 3.84. The molecular weight excluding hydrogens is 416 g/mol. The van der Waals surface area contributed by atoms with E-state index in [-0.39, 0.29) is 18.1 Å². The van der Waals surface area contributed by atoms with Gasteiger partial charge >= 0.3 is 0 Å². The van der Waals surface area contributed by atoms with E-state index in [4.69, 9.17) is 32.6 Å². The average molecular weight is 451 g/mol. The second-order valence-electron chi connectivity index (χ2n) is 6.30. The molecule has 1 aromatic rings. The first-order valence-electron chi connectivity index (χ1n) is 9.79.